The number of oxazole rings is 1. The monoisotopic (exact) mass is 871 g/mol. The minimum atomic E-state index is -0.273. The SMILES string of the molecule is NCCC(=O)CCC(=O)CCC(=O)CCC(=O)CCC(=O)CCC(=O)CCC(=O)CCC(=O)CCCC(=O)NCCCCn1nc(-c2ccc3oc(N)nc3c2)c2c(N)ncnc21. The summed E-state index contributed by atoms with van der Waals surface area (Å²) in [5.41, 5.74) is 20.3. The van der Waals surface area contributed by atoms with Crippen LogP contribution in [-0.4, -0.2) is 90.0 Å². The van der Waals surface area contributed by atoms with Crippen LogP contribution in [0.4, 0.5) is 11.8 Å². The molecule has 0 fully saturated rings. The molecule has 1 aromatic carbocycles. The van der Waals surface area contributed by atoms with Crippen LogP contribution in [0, 0.1) is 0 Å². The van der Waals surface area contributed by atoms with Crippen molar-refractivity contribution in [2.45, 2.75) is 135 Å². The first-order valence-electron chi connectivity index (χ1n) is 21.5. The number of Topliss-reactive ketones (excluding diaryl/α,β-unsaturated/α-hetero) is 8. The molecule has 0 atom stereocenters. The van der Waals surface area contributed by atoms with Crippen LogP contribution >= 0.6 is 0 Å². The fourth-order valence-electron chi connectivity index (χ4n) is 6.74. The molecule has 19 heteroatoms. The number of aromatic nitrogens is 5. The molecular weight excluding hydrogens is 815 g/mol. The summed E-state index contributed by atoms with van der Waals surface area (Å²) in [5, 5.41) is 8.24. The molecule has 3 heterocycles. The van der Waals surface area contributed by atoms with E-state index in [2.05, 4.69) is 20.3 Å². The number of benzene rings is 1. The zero-order valence-electron chi connectivity index (χ0n) is 35.6. The average Bonchev–Trinajstić information content (AvgIpc) is 3.83. The maximum absolute atomic E-state index is 12.4. The molecule has 0 spiro atoms. The van der Waals surface area contributed by atoms with Gasteiger partial charge in [0.15, 0.2) is 11.2 Å². The predicted octanol–water partition coefficient (Wildman–Crippen LogP) is 4.23. The second-order valence-electron chi connectivity index (χ2n) is 15.5. The third-order valence-corrected chi connectivity index (χ3v) is 10.4. The van der Waals surface area contributed by atoms with Crippen LogP contribution in [0.3, 0.4) is 0 Å². The van der Waals surface area contributed by atoms with Crippen molar-refractivity contribution in [3.63, 3.8) is 0 Å². The van der Waals surface area contributed by atoms with Crippen LogP contribution in [0.5, 0.6) is 0 Å². The highest BCUT2D eigenvalue weighted by Crippen LogP contribution is 2.32. The summed E-state index contributed by atoms with van der Waals surface area (Å²) in [6.07, 6.45) is 3.40. The molecule has 3 aromatic heterocycles. The lowest BCUT2D eigenvalue weighted by Crippen LogP contribution is -2.24. The molecule has 4 rings (SSSR count). The molecular formula is C44H57N9O10. The van der Waals surface area contributed by atoms with Gasteiger partial charge in [0.2, 0.25) is 5.91 Å². The van der Waals surface area contributed by atoms with Gasteiger partial charge in [0, 0.05) is 128 Å². The van der Waals surface area contributed by atoms with E-state index in [0.717, 1.165) is 5.56 Å². The van der Waals surface area contributed by atoms with E-state index in [9.17, 15) is 43.2 Å². The number of amides is 1. The van der Waals surface area contributed by atoms with E-state index < -0.39 is 0 Å². The number of carbonyl (C=O) groups is 9. The van der Waals surface area contributed by atoms with E-state index >= 15 is 0 Å². The van der Waals surface area contributed by atoms with Crippen LogP contribution in [0.1, 0.15) is 128 Å². The molecule has 19 nitrogen and oxygen atoms in total. The summed E-state index contributed by atoms with van der Waals surface area (Å²) < 4.78 is 7.13. The van der Waals surface area contributed by atoms with Gasteiger partial charge in [-0.1, -0.05) is 0 Å². The molecule has 0 radical (unpaired) electrons. The maximum Gasteiger partial charge on any atom is 0.292 e. The number of nitrogens with two attached hydrogens (primary N) is 3. The third-order valence-electron chi connectivity index (χ3n) is 10.4. The Kier molecular flexibility index (Phi) is 20.0. The Morgan fingerprint density at radius 3 is 1.59 bits per heavy atom. The predicted molar refractivity (Wildman–Crippen MR) is 232 cm³/mol. The summed E-state index contributed by atoms with van der Waals surface area (Å²) in [6, 6.07) is 5.46. The van der Waals surface area contributed by atoms with Gasteiger partial charge in [-0.2, -0.15) is 10.1 Å². The molecule has 0 bridgehead atoms. The van der Waals surface area contributed by atoms with Crippen LogP contribution in [0.15, 0.2) is 28.9 Å². The van der Waals surface area contributed by atoms with Crippen molar-refractivity contribution in [3.05, 3.63) is 24.5 Å². The molecule has 0 aliphatic carbocycles. The molecule has 63 heavy (non-hydrogen) atoms. The number of nitrogens with zero attached hydrogens (tertiary/aromatic N) is 5. The van der Waals surface area contributed by atoms with Crippen molar-refractivity contribution >= 4 is 86.1 Å². The molecule has 338 valence electrons. The van der Waals surface area contributed by atoms with Gasteiger partial charge in [-0.05, 0) is 44.0 Å². The Bertz CT molecular complexity index is 2300. The number of nitrogens with one attached hydrogen (secondary N) is 1. The summed E-state index contributed by atoms with van der Waals surface area (Å²) in [4.78, 5) is 122. The zero-order chi connectivity index (χ0) is 45.7. The lowest BCUT2D eigenvalue weighted by molar-refractivity contribution is -0.128. The summed E-state index contributed by atoms with van der Waals surface area (Å²) in [7, 11) is 0. The van der Waals surface area contributed by atoms with Gasteiger partial charge in [0.05, 0.1) is 5.39 Å². The number of aryl methyl sites for hydroxylation is 1. The Labute approximate surface area is 364 Å². The molecule has 0 saturated heterocycles. The van der Waals surface area contributed by atoms with Crippen molar-refractivity contribution in [1.29, 1.82) is 0 Å². The average molecular weight is 872 g/mol. The van der Waals surface area contributed by atoms with Gasteiger partial charge in [-0.15, -0.1) is 0 Å². The third kappa shape index (κ3) is 17.1. The minimum Gasteiger partial charge on any atom is -0.424 e. The van der Waals surface area contributed by atoms with Gasteiger partial charge < -0.3 is 26.9 Å². The largest absolute Gasteiger partial charge is 0.424 e. The lowest BCUT2D eigenvalue weighted by Gasteiger charge is -2.06. The number of ketones is 8. The number of hydrogen-bond donors (Lipinski definition) is 4. The Balaban J connectivity index is 0.999. The molecule has 0 saturated carbocycles. The number of hydrogen-bond acceptors (Lipinski definition) is 17. The first-order valence-corrected chi connectivity index (χ1v) is 21.5. The van der Waals surface area contributed by atoms with Gasteiger partial charge in [-0.25, -0.2) is 14.6 Å². The quantitative estimate of drug-likeness (QED) is 0.0487. The van der Waals surface area contributed by atoms with Crippen molar-refractivity contribution in [2.24, 2.45) is 5.73 Å². The molecule has 0 unspecified atom stereocenters. The van der Waals surface area contributed by atoms with E-state index in [1.807, 2.05) is 6.07 Å². The minimum absolute atomic E-state index is 0.00618. The summed E-state index contributed by atoms with van der Waals surface area (Å²) >= 11 is 0. The van der Waals surface area contributed by atoms with Gasteiger partial charge in [-0.3, -0.25) is 43.2 Å². The Morgan fingerprint density at radius 2 is 1.08 bits per heavy atom. The summed E-state index contributed by atoms with van der Waals surface area (Å²) in [5.74, 6) is -1.62. The fraction of sp³-hybridized carbons (Fsp3) is 0.523. The molecule has 1 amide bonds. The first kappa shape index (κ1) is 49.3. The van der Waals surface area contributed by atoms with E-state index in [1.165, 1.54) is 6.33 Å². The Hall–Kier alpha value is -6.37. The zero-order valence-corrected chi connectivity index (χ0v) is 35.6. The van der Waals surface area contributed by atoms with Gasteiger partial charge >= 0.3 is 0 Å². The Morgan fingerprint density at radius 1 is 0.587 bits per heavy atom. The van der Waals surface area contributed by atoms with Crippen molar-refractivity contribution in [3.8, 4) is 11.3 Å². The second kappa shape index (κ2) is 25.5. The van der Waals surface area contributed by atoms with E-state index in [0.29, 0.717) is 66.0 Å². The van der Waals surface area contributed by atoms with Crippen molar-refractivity contribution in [2.75, 3.05) is 24.6 Å². The fourth-order valence-corrected chi connectivity index (χ4v) is 6.74. The van der Waals surface area contributed by atoms with Crippen LogP contribution in [-0.2, 0) is 49.7 Å². The second-order valence-corrected chi connectivity index (χ2v) is 15.5. The van der Waals surface area contributed by atoms with E-state index in [-0.39, 0.29) is 174 Å². The number of unbranched alkanes of at least 4 members (excludes halogenated alkanes) is 1. The number of nitrogen functional groups attached to an aromatic ring is 2. The maximum atomic E-state index is 12.4. The highest BCUT2D eigenvalue weighted by molar-refractivity contribution is 5.99. The van der Waals surface area contributed by atoms with Crippen molar-refractivity contribution in [1.82, 2.24) is 30.0 Å². The number of rotatable bonds is 33. The standard InChI is InChI=1S/C44H57N9O10/c45-23-22-36(61)20-19-35(60)18-17-34(59)16-15-33(58)14-13-32(57)12-11-31(56)10-9-30(55)8-7-29(54)4-3-5-39(62)48-24-1-2-25-53-43-40(42(46)49-27-50-43)41(52-53)28-6-21-38-37(26-28)51-44(47)63-38/h6,21,26-27H,1-5,7-20,22-25,45H2,(H2,47,51)(H,48,62)(H2,46,49,50). The first-order chi connectivity index (χ1) is 30.2. The highest BCUT2D eigenvalue weighted by atomic mass is 16.4. The topological polar surface area (TPSA) is 313 Å². The number of anilines is 2. The molecule has 0 aliphatic rings. The molecule has 4 aromatic rings. The molecule has 0 aliphatic heterocycles. The van der Waals surface area contributed by atoms with Crippen LogP contribution < -0.4 is 22.5 Å². The number of carbonyl (C=O) groups excluding carboxylic acids is 9. The van der Waals surface area contributed by atoms with Crippen LogP contribution in [0.2, 0.25) is 0 Å². The van der Waals surface area contributed by atoms with Crippen LogP contribution in [0.25, 0.3) is 33.4 Å². The number of fused-ring (bicyclic) bond motifs is 2. The van der Waals surface area contributed by atoms with E-state index in [4.69, 9.17) is 26.7 Å². The van der Waals surface area contributed by atoms with E-state index in [1.54, 1.807) is 16.8 Å². The summed E-state index contributed by atoms with van der Waals surface area (Å²) in [6.45, 7) is 1.17. The normalized spacial score (nSPS) is 11.2. The smallest absolute Gasteiger partial charge is 0.292 e. The lowest BCUT2D eigenvalue weighted by atomic mass is 10.00. The van der Waals surface area contributed by atoms with Gasteiger partial charge in [0.1, 0.15) is 69.6 Å². The van der Waals surface area contributed by atoms with Gasteiger partial charge in [0.25, 0.3) is 6.01 Å². The highest BCUT2D eigenvalue weighted by Gasteiger charge is 2.19. The van der Waals surface area contributed by atoms with Crippen molar-refractivity contribution < 1.29 is 47.6 Å². The molecule has 7 N–H and O–H groups in total.